The Morgan fingerprint density at radius 1 is 1.04 bits per heavy atom. The van der Waals surface area contributed by atoms with Crippen LogP contribution in [0.25, 0.3) is 11.3 Å². The Kier molecular flexibility index (Phi) is 3.90. The molecule has 0 saturated heterocycles. The van der Waals surface area contributed by atoms with Crippen LogP contribution in [0.15, 0.2) is 52.9 Å². The molecule has 0 bridgehead atoms. The molecular formula is C20H19N3S. The highest BCUT2D eigenvalue weighted by Gasteiger charge is 2.19. The molecule has 120 valence electrons. The molecule has 0 amide bonds. The normalized spacial score (nSPS) is 14.8. The molecule has 1 N–H and O–H groups in total. The number of fused-ring (bicyclic) bond motifs is 1. The monoisotopic (exact) mass is 333 g/mol. The number of anilines is 1. The van der Waals surface area contributed by atoms with Crippen molar-refractivity contribution in [2.24, 2.45) is 5.10 Å². The van der Waals surface area contributed by atoms with Gasteiger partial charge in [-0.2, -0.15) is 5.10 Å². The highest BCUT2D eigenvalue weighted by atomic mass is 32.1. The Labute approximate surface area is 146 Å². The Morgan fingerprint density at radius 3 is 2.71 bits per heavy atom. The van der Waals surface area contributed by atoms with Gasteiger partial charge >= 0.3 is 0 Å². The lowest BCUT2D eigenvalue weighted by atomic mass is 10.0. The molecule has 1 aliphatic carbocycles. The third-order valence-corrected chi connectivity index (χ3v) is 5.22. The molecule has 0 fully saturated rings. The maximum Gasteiger partial charge on any atom is 0.203 e. The van der Waals surface area contributed by atoms with Crippen molar-refractivity contribution in [2.75, 3.05) is 5.43 Å². The van der Waals surface area contributed by atoms with E-state index in [9.17, 15) is 0 Å². The van der Waals surface area contributed by atoms with E-state index in [2.05, 4.69) is 77.2 Å². The van der Waals surface area contributed by atoms with Crippen molar-refractivity contribution >= 4 is 22.2 Å². The fraction of sp³-hybridized carbons (Fsp3) is 0.200. The van der Waals surface area contributed by atoms with Gasteiger partial charge in [-0.25, -0.2) is 4.98 Å². The van der Waals surface area contributed by atoms with Crippen LogP contribution in [-0.4, -0.2) is 10.7 Å². The third-order valence-electron chi connectivity index (χ3n) is 4.47. The van der Waals surface area contributed by atoms with E-state index in [0.29, 0.717) is 0 Å². The predicted molar refractivity (Wildman–Crippen MR) is 102 cm³/mol. The molecule has 0 saturated carbocycles. The second-order valence-electron chi connectivity index (χ2n) is 6.18. The van der Waals surface area contributed by atoms with E-state index in [1.54, 1.807) is 11.3 Å². The minimum absolute atomic E-state index is 0.833. The number of aryl methyl sites for hydroxylation is 2. The lowest BCUT2D eigenvalue weighted by molar-refractivity contribution is 1.07. The van der Waals surface area contributed by atoms with E-state index >= 15 is 0 Å². The molecule has 3 aromatic rings. The molecule has 24 heavy (non-hydrogen) atoms. The van der Waals surface area contributed by atoms with Gasteiger partial charge in [0.1, 0.15) is 0 Å². The Bertz CT molecular complexity index is 907. The number of aromatic nitrogens is 1. The summed E-state index contributed by atoms with van der Waals surface area (Å²) in [6, 6.07) is 14.9. The largest absolute Gasteiger partial charge is 0.252 e. The highest BCUT2D eigenvalue weighted by Crippen LogP contribution is 2.27. The summed E-state index contributed by atoms with van der Waals surface area (Å²) >= 11 is 1.59. The van der Waals surface area contributed by atoms with Gasteiger partial charge in [0.25, 0.3) is 0 Å². The van der Waals surface area contributed by atoms with Gasteiger partial charge in [-0.05, 0) is 37.8 Å². The SMILES string of the molecule is Cc1ccc(-c2csc(N/N=C3\CCc4c(C)cccc43)n2)cc1. The number of hydrazone groups is 1. The smallest absolute Gasteiger partial charge is 0.203 e. The van der Waals surface area contributed by atoms with E-state index in [4.69, 9.17) is 0 Å². The predicted octanol–water partition coefficient (Wildman–Crippen LogP) is 5.19. The third kappa shape index (κ3) is 2.85. The second-order valence-corrected chi connectivity index (χ2v) is 7.03. The van der Waals surface area contributed by atoms with Crippen molar-refractivity contribution in [3.05, 3.63) is 70.1 Å². The number of benzene rings is 2. The molecule has 0 aliphatic heterocycles. The summed E-state index contributed by atoms with van der Waals surface area (Å²) < 4.78 is 0. The van der Waals surface area contributed by atoms with Crippen LogP contribution >= 0.6 is 11.3 Å². The first-order valence-electron chi connectivity index (χ1n) is 8.15. The summed E-state index contributed by atoms with van der Waals surface area (Å²) in [6.45, 7) is 4.26. The van der Waals surface area contributed by atoms with Gasteiger partial charge in [0.15, 0.2) is 0 Å². The first-order chi connectivity index (χ1) is 11.7. The molecule has 1 heterocycles. The van der Waals surface area contributed by atoms with Crippen LogP contribution in [0.4, 0.5) is 5.13 Å². The Morgan fingerprint density at radius 2 is 1.88 bits per heavy atom. The number of thiazole rings is 1. The van der Waals surface area contributed by atoms with Crippen LogP contribution in [0, 0.1) is 13.8 Å². The van der Waals surface area contributed by atoms with Crippen molar-refractivity contribution in [2.45, 2.75) is 26.7 Å². The fourth-order valence-corrected chi connectivity index (χ4v) is 3.76. The summed E-state index contributed by atoms with van der Waals surface area (Å²) in [6.07, 6.45) is 2.07. The molecule has 0 radical (unpaired) electrons. The van der Waals surface area contributed by atoms with Crippen LogP contribution in [0.1, 0.15) is 28.7 Å². The zero-order valence-electron chi connectivity index (χ0n) is 13.8. The van der Waals surface area contributed by atoms with Gasteiger partial charge in [-0.15, -0.1) is 11.3 Å². The molecule has 1 aromatic heterocycles. The van der Waals surface area contributed by atoms with Crippen LogP contribution < -0.4 is 5.43 Å². The van der Waals surface area contributed by atoms with Gasteiger partial charge in [0.2, 0.25) is 5.13 Å². The molecule has 4 heteroatoms. The molecule has 1 aliphatic rings. The Hall–Kier alpha value is -2.46. The van der Waals surface area contributed by atoms with Crippen molar-refractivity contribution in [1.82, 2.24) is 4.98 Å². The second kappa shape index (κ2) is 6.21. The van der Waals surface area contributed by atoms with Crippen molar-refractivity contribution in [3.63, 3.8) is 0 Å². The molecule has 0 atom stereocenters. The fourth-order valence-electron chi connectivity index (χ4n) is 3.10. The van der Waals surface area contributed by atoms with E-state index in [0.717, 1.165) is 34.9 Å². The maximum atomic E-state index is 4.64. The van der Waals surface area contributed by atoms with Crippen LogP contribution in [0.5, 0.6) is 0 Å². The minimum atomic E-state index is 0.833. The molecule has 3 nitrogen and oxygen atoms in total. The topological polar surface area (TPSA) is 37.3 Å². The summed E-state index contributed by atoms with van der Waals surface area (Å²) in [5.74, 6) is 0. The van der Waals surface area contributed by atoms with Gasteiger partial charge in [-0.3, -0.25) is 5.43 Å². The van der Waals surface area contributed by atoms with Crippen LogP contribution in [0.2, 0.25) is 0 Å². The highest BCUT2D eigenvalue weighted by molar-refractivity contribution is 7.14. The van der Waals surface area contributed by atoms with Gasteiger partial charge in [0, 0.05) is 16.5 Å². The quantitative estimate of drug-likeness (QED) is 0.670. The number of rotatable bonds is 3. The van der Waals surface area contributed by atoms with Crippen LogP contribution in [0.3, 0.4) is 0 Å². The van der Waals surface area contributed by atoms with Gasteiger partial charge in [-0.1, -0.05) is 48.0 Å². The summed E-state index contributed by atoms with van der Waals surface area (Å²) in [5.41, 5.74) is 11.7. The molecule has 2 aromatic carbocycles. The van der Waals surface area contributed by atoms with E-state index in [1.807, 2.05) is 0 Å². The molecule has 0 spiro atoms. The minimum Gasteiger partial charge on any atom is -0.252 e. The summed E-state index contributed by atoms with van der Waals surface area (Å²) in [7, 11) is 0. The van der Waals surface area contributed by atoms with E-state index < -0.39 is 0 Å². The van der Waals surface area contributed by atoms with Gasteiger partial charge < -0.3 is 0 Å². The zero-order valence-corrected chi connectivity index (χ0v) is 14.7. The number of hydrogen-bond donors (Lipinski definition) is 1. The van der Waals surface area contributed by atoms with Crippen molar-refractivity contribution in [3.8, 4) is 11.3 Å². The molecule has 0 unspecified atom stereocenters. The molecule has 4 rings (SSSR count). The lowest BCUT2D eigenvalue weighted by Gasteiger charge is -2.03. The van der Waals surface area contributed by atoms with Crippen molar-refractivity contribution in [1.29, 1.82) is 0 Å². The average molecular weight is 333 g/mol. The van der Waals surface area contributed by atoms with E-state index in [-0.39, 0.29) is 0 Å². The number of nitrogens with zero attached hydrogens (tertiary/aromatic N) is 2. The van der Waals surface area contributed by atoms with E-state index in [1.165, 1.54) is 22.3 Å². The Balaban J connectivity index is 1.54. The van der Waals surface area contributed by atoms with Crippen molar-refractivity contribution < 1.29 is 0 Å². The summed E-state index contributed by atoms with van der Waals surface area (Å²) in [4.78, 5) is 4.64. The standard InChI is InChI=1S/C20H19N3S/c1-13-6-8-15(9-7-13)19-12-24-20(21-19)23-22-18-11-10-16-14(2)4-3-5-17(16)18/h3-9,12H,10-11H2,1-2H3,(H,21,23)/b22-18+. The number of hydrogen-bond acceptors (Lipinski definition) is 4. The van der Waals surface area contributed by atoms with Gasteiger partial charge in [0.05, 0.1) is 11.4 Å². The first-order valence-corrected chi connectivity index (χ1v) is 9.03. The number of nitrogens with one attached hydrogen (secondary N) is 1. The first kappa shape index (κ1) is 15.1. The average Bonchev–Trinajstić information content (AvgIpc) is 3.21. The van der Waals surface area contributed by atoms with Crippen LogP contribution in [-0.2, 0) is 6.42 Å². The maximum absolute atomic E-state index is 4.64. The summed E-state index contributed by atoms with van der Waals surface area (Å²) in [5, 5.41) is 7.51. The zero-order chi connectivity index (χ0) is 16.5. The molecular weight excluding hydrogens is 314 g/mol. The lowest BCUT2D eigenvalue weighted by Crippen LogP contribution is -2.00.